The highest BCUT2D eigenvalue weighted by atomic mass is 16.8. The number of carbonyl (C=O) groups is 1. The van der Waals surface area contributed by atoms with E-state index in [-0.39, 0.29) is 45.0 Å². The fraction of sp³-hybridized carbons (Fsp3) is 0.894. The van der Waals surface area contributed by atoms with E-state index in [1.165, 1.54) is 18.1 Å². The average Bonchev–Trinajstić information content (AvgIpc) is 3.20. The standard InChI is InChI=1S/C47H74O16/c1-21-29(50)31(52)33(54)40(59-21)61-35-34(55)36(38(56)57)62-41(37(35)63-39-32(53)30(51)24(48)20-58-39)60-28-13-14-45(7)25(43(28,4)5)12-15-47(9)26(45)11-10-22-23-18-42(2,3)19-27(49)44(23,6)16-17-46(22,47)8/h10-11,21,24-37,39-41,48-55H,12-20H2,1-9H3,(H,56,57)/t21-,24-,25-,26-,27+,28-,29+,30+,31-,32+,33-,34-,35-,36-,37+,39+,40+,41+,44-,45+,46+,47-/m1/s1. The Kier molecular flexibility index (Phi) is 12.4. The van der Waals surface area contributed by atoms with Crippen LogP contribution < -0.4 is 0 Å². The monoisotopic (exact) mass is 894 g/mol. The van der Waals surface area contributed by atoms with Crippen LogP contribution in [0.2, 0.25) is 0 Å². The Morgan fingerprint density at radius 1 is 0.714 bits per heavy atom. The van der Waals surface area contributed by atoms with Crippen LogP contribution in [0.15, 0.2) is 23.3 Å². The molecule has 16 heteroatoms. The molecule has 3 aliphatic heterocycles. The molecule has 8 aliphatic rings. The van der Waals surface area contributed by atoms with Crippen molar-refractivity contribution in [1.82, 2.24) is 0 Å². The van der Waals surface area contributed by atoms with E-state index in [1.54, 1.807) is 0 Å². The van der Waals surface area contributed by atoms with Crippen molar-refractivity contribution >= 4 is 5.97 Å². The number of fused-ring (bicyclic) bond motifs is 6. The van der Waals surface area contributed by atoms with Gasteiger partial charge in [0, 0.05) is 5.41 Å². The number of aliphatic carboxylic acids is 1. The van der Waals surface area contributed by atoms with E-state index < -0.39 is 110 Å². The minimum absolute atomic E-state index is 0.000476. The molecule has 8 rings (SSSR count). The number of ether oxygens (including phenoxy) is 6. The number of hydrogen-bond acceptors (Lipinski definition) is 15. The van der Waals surface area contributed by atoms with Gasteiger partial charge in [-0.2, -0.15) is 0 Å². The quantitative estimate of drug-likeness (QED) is 0.166. The molecule has 0 aromatic heterocycles. The number of allylic oxidation sites excluding steroid dienone is 3. The second kappa shape index (κ2) is 16.3. The van der Waals surface area contributed by atoms with Gasteiger partial charge >= 0.3 is 5.97 Å². The molecule has 358 valence electrons. The van der Waals surface area contributed by atoms with Gasteiger partial charge in [-0.15, -0.1) is 0 Å². The van der Waals surface area contributed by atoms with Gasteiger partial charge in [-0.1, -0.05) is 73.1 Å². The summed E-state index contributed by atoms with van der Waals surface area (Å²) in [5.41, 5.74) is 1.71. The molecule has 0 bridgehead atoms. The molecular weight excluding hydrogens is 821 g/mol. The number of hydrogen-bond donors (Lipinski definition) is 9. The van der Waals surface area contributed by atoms with Crippen LogP contribution in [-0.2, 0) is 33.2 Å². The zero-order valence-corrected chi connectivity index (χ0v) is 38.3. The lowest BCUT2D eigenvalue weighted by atomic mass is 9.35. The maximum absolute atomic E-state index is 12.7. The van der Waals surface area contributed by atoms with E-state index in [9.17, 15) is 50.8 Å². The summed E-state index contributed by atoms with van der Waals surface area (Å²) in [6.07, 6.45) is -12.4. The Morgan fingerprint density at radius 2 is 1.38 bits per heavy atom. The minimum Gasteiger partial charge on any atom is -0.479 e. The molecule has 3 saturated carbocycles. The lowest BCUT2D eigenvalue weighted by Gasteiger charge is -2.70. The maximum Gasteiger partial charge on any atom is 0.335 e. The van der Waals surface area contributed by atoms with Crippen molar-refractivity contribution in [2.75, 3.05) is 6.61 Å². The molecule has 0 radical (unpaired) electrons. The van der Waals surface area contributed by atoms with Crippen LogP contribution >= 0.6 is 0 Å². The van der Waals surface area contributed by atoms with Crippen LogP contribution in [-0.4, -0.2) is 157 Å². The van der Waals surface area contributed by atoms with Gasteiger partial charge in [0.15, 0.2) is 25.0 Å². The zero-order valence-electron chi connectivity index (χ0n) is 38.3. The molecule has 3 heterocycles. The fourth-order valence-corrected chi connectivity index (χ4v) is 14.2. The molecule has 0 amide bonds. The van der Waals surface area contributed by atoms with Crippen LogP contribution in [0, 0.1) is 44.3 Å². The fourth-order valence-electron chi connectivity index (χ4n) is 14.2. The van der Waals surface area contributed by atoms with Gasteiger partial charge < -0.3 is 74.4 Å². The summed E-state index contributed by atoms with van der Waals surface area (Å²) in [4.78, 5) is 12.7. The largest absolute Gasteiger partial charge is 0.479 e. The van der Waals surface area contributed by atoms with Gasteiger partial charge in [-0.05, 0) is 103 Å². The number of carboxylic acid groups (broad SMARTS) is 1. The lowest BCUT2D eigenvalue weighted by Crippen LogP contribution is -2.68. The van der Waals surface area contributed by atoms with Crippen LogP contribution in [0.5, 0.6) is 0 Å². The first-order valence-electron chi connectivity index (χ1n) is 23.2. The number of rotatable bonds is 7. The summed E-state index contributed by atoms with van der Waals surface area (Å²) < 4.78 is 36.6. The zero-order chi connectivity index (χ0) is 46.1. The number of aliphatic hydroxyl groups is 8. The molecule has 22 atom stereocenters. The highest BCUT2D eigenvalue weighted by Crippen LogP contribution is 2.74. The van der Waals surface area contributed by atoms with Crippen molar-refractivity contribution < 1.29 is 79.2 Å². The summed E-state index contributed by atoms with van der Waals surface area (Å²) in [6, 6.07) is 0. The first-order chi connectivity index (χ1) is 29.2. The molecule has 3 saturated heterocycles. The highest BCUT2D eigenvalue weighted by molar-refractivity contribution is 5.73. The Bertz CT molecular complexity index is 1800. The average molecular weight is 895 g/mol. The van der Waals surface area contributed by atoms with Crippen molar-refractivity contribution in [1.29, 1.82) is 0 Å². The predicted molar refractivity (Wildman–Crippen MR) is 223 cm³/mol. The SMILES string of the molecule is C[C@H]1O[C@@H](O[C@@H]2[C@@H](O)[C@H](C(=O)O)O[C@H](O[C@@H]3CC[C@@]4(C)[C@H](CC[C@]5(C)[C@@H]4C=CC4=C6CC(C)(C)C[C@H](O)[C@]6(C)CC[C@@]45C)C3(C)C)[C@H]2O[C@@H]2OC[C@@H](O)[C@H](O)[C@@H]2O)[C@H](O)[C@H](O)[C@H]1O. The molecular formula is C47H74O16. The van der Waals surface area contributed by atoms with Gasteiger partial charge in [0.1, 0.15) is 54.9 Å². The highest BCUT2D eigenvalue weighted by Gasteiger charge is 2.68. The summed E-state index contributed by atoms with van der Waals surface area (Å²) in [7, 11) is 0. The molecule has 0 unspecified atom stereocenters. The first-order valence-corrected chi connectivity index (χ1v) is 23.2. The van der Waals surface area contributed by atoms with Crippen molar-refractivity contribution in [3.63, 3.8) is 0 Å². The van der Waals surface area contributed by atoms with E-state index in [4.69, 9.17) is 28.4 Å². The summed E-state index contributed by atoms with van der Waals surface area (Å²) in [6.45, 7) is 19.5. The maximum atomic E-state index is 12.7. The van der Waals surface area contributed by atoms with Crippen LogP contribution in [0.3, 0.4) is 0 Å². The second-order valence-electron chi connectivity index (χ2n) is 22.9. The third kappa shape index (κ3) is 7.44. The Labute approximate surface area is 370 Å². The smallest absolute Gasteiger partial charge is 0.335 e. The predicted octanol–water partition coefficient (Wildman–Crippen LogP) is 2.29. The molecule has 63 heavy (non-hydrogen) atoms. The Morgan fingerprint density at radius 3 is 2.06 bits per heavy atom. The molecule has 0 aromatic carbocycles. The van der Waals surface area contributed by atoms with Crippen LogP contribution in [0.1, 0.15) is 114 Å². The first kappa shape index (κ1) is 47.9. The second-order valence-corrected chi connectivity index (χ2v) is 22.9. The van der Waals surface area contributed by atoms with Crippen LogP contribution in [0.4, 0.5) is 0 Å². The molecule has 0 spiro atoms. The van der Waals surface area contributed by atoms with E-state index in [0.717, 1.165) is 44.9 Å². The third-order valence-corrected chi connectivity index (χ3v) is 18.3. The van der Waals surface area contributed by atoms with Gasteiger partial charge in [0.2, 0.25) is 0 Å². The number of carboxylic acids is 1. The van der Waals surface area contributed by atoms with Crippen molar-refractivity contribution in [2.24, 2.45) is 44.3 Å². The van der Waals surface area contributed by atoms with Crippen molar-refractivity contribution in [3.8, 4) is 0 Å². The lowest BCUT2D eigenvalue weighted by molar-refractivity contribution is -0.390. The summed E-state index contributed by atoms with van der Waals surface area (Å²) in [5.74, 6) is -1.20. The van der Waals surface area contributed by atoms with Crippen molar-refractivity contribution in [2.45, 2.75) is 212 Å². The van der Waals surface area contributed by atoms with Gasteiger partial charge in [0.25, 0.3) is 0 Å². The Balaban J connectivity index is 1.11. The van der Waals surface area contributed by atoms with Gasteiger partial charge in [-0.25, -0.2) is 4.79 Å². The van der Waals surface area contributed by atoms with E-state index >= 15 is 0 Å². The topological polar surface area (TPSA) is 255 Å². The van der Waals surface area contributed by atoms with Crippen LogP contribution in [0.25, 0.3) is 0 Å². The van der Waals surface area contributed by atoms with Gasteiger partial charge in [-0.3, -0.25) is 0 Å². The molecule has 16 nitrogen and oxygen atoms in total. The molecule has 6 fully saturated rings. The number of aliphatic hydroxyl groups excluding tert-OH is 8. The molecule has 0 aromatic rings. The van der Waals surface area contributed by atoms with Crippen molar-refractivity contribution in [3.05, 3.63) is 23.3 Å². The molecule has 9 N–H and O–H groups in total. The summed E-state index contributed by atoms with van der Waals surface area (Å²) >= 11 is 0. The third-order valence-electron chi connectivity index (χ3n) is 18.3. The van der Waals surface area contributed by atoms with Gasteiger partial charge in [0.05, 0.1) is 24.9 Å². The van der Waals surface area contributed by atoms with E-state index in [0.29, 0.717) is 6.42 Å². The normalized spacial score (nSPS) is 54.0. The van der Waals surface area contributed by atoms with E-state index in [1.807, 2.05) is 0 Å². The Hall–Kier alpha value is -1.61. The van der Waals surface area contributed by atoms with E-state index in [2.05, 4.69) is 67.5 Å². The summed E-state index contributed by atoms with van der Waals surface area (Å²) in [5, 5.41) is 97.1. The molecule has 5 aliphatic carbocycles. The minimum atomic E-state index is -1.99.